The Labute approximate surface area is 65.0 Å². The predicted octanol–water partition coefficient (Wildman–Crippen LogP) is 2.02. The minimum Gasteiger partial charge on any atom is -0.243 e. The van der Waals surface area contributed by atoms with Crippen molar-refractivity contribution in [2.75, 3.05) is 0 Å². The van der Waals surface area contributed by atoms with Crippen molar-refractivity contribution in [1.29, 1.82) is 0 Å². The number of terminal acetylenes is 1. The largest absolute Gasteiger partial charge is 0.243 e. The van der Waals surface area contributed by atoms with Crippen molar-refractivity contribution in [3.8, 4) is 12.3 Å². The monoisotopic (exact) mass is 151 g/mol. The lowest BCUT2D eigenvalue weighted by Crippen LogP contribution is -1.82. The Morgan fingerprint density at radius 2 is 2.40 bits per heavy atom. The van der Waals surface area contributed by atoms with Gasteiger partial charge in [0.2, 0.25) is 0 Å². The molecule has 0 atom stereocenters. The maximum absolute atomic E-state index is 5.66. The molecule has 0 unspecified atom stereocenters. The third-order valence-electron chi connectivity index (χ3n) is 1.18. The number of nitrogens with zero attached hydrogens (tertiary/aromatic N) is 1. The summed E-state index contributed by atoms with van der Waals surface area (Å²) in [7, 11) is 0. The van der Waals surface area contributed by atoms with Crippen LogP contribution in [-0.2, 0) is 0 Å². The number of pyridine rings is 1. The zero-order valence-corrected chi connectivity index (χ0v) is 6.31. The molecule has 0 N–H and O–H groups in total. The normalized spacial score (nSPS) is 8.90. The summed E-state index contributed by atoms with van der Waals surface area (Å²) >= 11 is 5.66. The van der Waals surface area contributed by atoms with Crippen LogP contribution < -0.4 is 0 Å². The zero-order chi connectivity index (χ0) is 7.56. The van der Waals surface area contributed by atoms with E-state index in [0.717, 1.165) is 11.1 Å². The van der Waals surface area contributed by atoms with Gasteiger partial charge in [-0.2, -0.15) is 0 Å². The summed E-state index contributed by atoms with van der Waals surface area (Å²) in [5, 5.41) is 0.513. The molecule has 1 heterocycles. The molecule has 0 bridgehead atoms. The summed E-state index contributed by atoms with van der Waals surface area (Å²) in [5.41, 5.74) is 1.68. The molecule has 0 saturated carbocycles. The van der Waals surface area contributed by atoms with Crippen LogP contribution in [0.1, 0.15) is 11.1 Å². The van der Waals surface area contributed by atoms with Gasteiger partial charge >= 0.3 is 0 Å². The SMILES string of the molecule is C#Cc1cnc(Cl)c(C)c1. The lowest BCUT2D eigenvalue weighted by atomic mass is 10.2. The maximum Gasteiger partial charge on any atom is 0.132 e. The topological polar surface area (TPSA) is 12.9 Å². The molecule has 0 spiro atoms. The van der Waals surface area contributed by atoms with E-state index in [-0.39, 0.29) is 0 Å². The smallest absolute Gasteiger partial charge is 0.132 e. The molecule has 1 aromatic rings. The zero-order valence-electron chi connectivity index (χ0n) is 5.56. The Kier molecular flexibility index (Phi) is 1.94. The quantitative estimate of drug-likeness (QED) is 0.409. The summed E-state index contributed by atoms with van der Waals surface area (Å²) in [6.45, 7) is 1.87. The molecule has 2 heteroatoms. The van der Waals surface area contributed by atoms with Crippen LogP contribution in [0.25, 0.3) is 0 Å². The highest BCUT2D eigenvalue weighted by Crippen LogP contribution is 2.11. The fraction of sp³-hybridized carbons (Fsp3) is 0.125. The van der Waals surface area contributed by atoms with Gasteiger partial charge in [-0.1, -0.05) is 17.5 Å². The van der Waals surface area contributed by atoms with Gasteiger partial charge in [-0.05, 0) is 18.6 Å². The second-order valence-electron chi connectivity index (χ2n) is 1.98. The second kappa shape index (κ2) is 2.72. The van der Waals surface area contributed by atoms with Crippen molar-refractivity contribution in [2.45, 2.75) is 6.92 Å². The minimum atomic E-state index is 0.513. The van der Waals surface area contributed by atoms with E-state index in [0.29, 0.717) is 5.15 Å². The van der Waals surface area contributed by atoms with Crippen LogP contribution in [0.3, 0.4) is 0 Å². The predicted molar refractivity (Wildman–Crippen MR) is 41.9 cm³/mol. The number of halogens is 1. The molecule has 10 heavy (non-hydrogen) atoms. The molecular formula is C8H6ClN. The van der Waals surface area contributed by atoms with E-state index >= 15 is 0 Å². The summed E-state index contributed by atoms with van der Waals surface area (Å²) in [6, 6.07) is 1.83. The molecule has 0 amide bonds. The van der Waals surface area contributed by atoms with Gasteiger partial charge in [-0.3, -0.25) is 0 Å². The number of hydrogen-bond acceptors (Lipinski definition) is 1. The van der Waals surface area contributed by atoms with Gasteiger partial charge in [0.15, 0.2) is 0 Å². The van der Waals surface area contributed by atoms with E-state index in [1.165, 1.54) is 0 Å². The van der Waals surface area contributed by atoms with Crippen LogP contribution in [-0.4, -0.2) is 4.98 Å². The van der Waals surface area contributed by atoms with E-state index in [1.807, 2.05) is 13.0 Å². The molecule has 0 aliphatic carbocycles. The standard InChI is InChI=1S/C8H6ClN/c1-3-7-4-6(2)8(9)10-5-7/h1,4-5H,2H3. The second-order valence-corrected chi connectivity index (χ2v) is 2.33. The molecule has 1 aromatic heterocycles. The molecule has 50 valence electrons. The molecular weight excluding hydrogens is 146 g/mol. The first-order valence-electron chi connectivity index (χ1n) is 2.83. The van der Waals surface area contributed by atoms with Crippen molar-refractivity contribution < 1.29 is 0 Å². The van der Waals surface area contributed by atoms with E-state index < -0.39 is 0 Å². The highest BCUT2D eigenvalue weighted by Gasteiger charge is 1.94. The molecule has 1 nitrogen and oxygen atoms in total. The molecule has 1 rings (SSSR count). The number of hydrogen-bond donors (Lipinski definition) is 0. The van der Waals surface area contributed by atoms with Crippen molar-refractivity contribution >= 4 is 11.6 Å². The van der Waals surface area contributed by atoms with Crippen molar-refractivity contribution in [1.82, 2.24) is 4.98 Å². The van der Waals surface area contributed by atoms with Gasteiger partial charge in [0, 0.05) is 11.8 Å². The Morgan fingerprint density at radius 3 is 2.90 bits per heavy atom. The van der Waals surface area contributed by atoms with Crippen molar-refractivity contribution in [3.63, 3.8) is 0 Å². The Balaban J connectivity index is 3.20. The summed E-state index contributed by atoms with van der Waals surface area (Å²) in [4.78, 5) is 3.87. The summed E-state index contributed by atoms with van der Waals surface area (Å²) in [6.07, 6.45) is 6.71. The number of aryl methyl sites for hydroxylation is 1. The minimum absolute atomic E-state index is 0.513. The first-order chi connectivity index (χ1) is 4.74. The lowest BCUT2D eigenvalue weighted by molar-refractivity contribution is 1.26. The Bertz CT molecular complexity index is 286. The maximum atomic E-state index is 5.66. The van der Waals surface area contributed by atoms with Crippen molar-refractivity contribution in [3.05, 3.63) is 28.5 Å². The fourth-order valence-corrected chi connectivity index (χ4v) is 0.740. The Morgan fingerprint density at radius 1 is 1.70 bits per heavy atom. The van der Waals surface area contributed by atoms with Gasteiger partial charge < -0.3 is 0 Å². The third kappa shape index (κ3) is 1.29. The van der Waals surface area contributed by atoms with Crippen LogP contribution >= 0.6 is 11.6 Å². The lowest BCUT2D eigenvalue weighted by Gasteiger charge is -1.94. The molecule has 0 saturated heterocycles. The highest BCUT2D eigenvalue weighted by atomic mass is 35.5. The highest BCUT2D eigenvalue weighted by molar-refractivity contribution is 6.30. The number of aromatic nitrogens is 1. The Hall–Kier alpha value is -1.00. The van der Waals surface area contributed by atoms with Gasteiger partial charge in [0.25, 0.3) is 0 Å². The average molecular weight is 152 g/mol. The first kappa shape index (κ1) is 7.11. The molecule has 0 aliphatic heterocycles. The van der Waals surface area contributed by atoms with Crippen LogP contribution in [0.4, 0.5) is 0 Å². The van der Waals surface area contributed by atoms with E-state index in [2.05, 4.69) is 10.9 Å². The third-order valence-corrected chi connectivity index (χ3v) is 1.58. The van der Waals surface area contributed by atoms with E-state index in [4.69, 9.17) is 18.0 Å². The summed E-state index contributed by atoms with van der Waals surface area (Å²) in [5.74, 6) is 2.47. The van der Waals surface area contributed by atoms with Crippen LogP contribution in [0.5, 0.6) is 0 Å². The first-order valence-corrected chi connectivity index (χ1v) is 3.20. The average Bonchev–Trinajstić information content (AvgIpc) is 1.95. The van der Waals surface area contributed by atoms with E-state index in [9.17, 15) is 0 Å². The summed E-state index contributed by atoms with van der Waals surface area (Å²) < 4.78 is 0. The van der Waals surface area contributed by atoms with Crippen LogP contribution in [0.15, 0.2) is 12.3 Å². The van der Waals surface area contributed by atoms with Crippen LogP contribution in [0.2, 0.25) is 5.15 Å². The number of rotatable bonds is 0. The fourth-order valence-electron chi connectivity index (χ4n) is 0.637. The molecule has 0 aliphatic rings. The van der Waals surface area contributed by atoms with Gasteiger partial charge in [0.05, 0.1) is 0 Å². The molecule has 0 fully saturated rings. The van der Waals surface area contributed by atoms with Crippen LogP contribution in [0, 0.1) is 19.3 Å². The van der Waals surface area contributed by atoms with Gasteiger partial charge in [-0.15, -0.1) is 6.42 Å². The van der Waals surface area contributed by atoms with E-state index in [1.54, 1.807) is 6.20 Å². The van der Waals surface area contributed by atoms with Gasteiger partial charge in [0.1, 0.15) is 5.15 Å². The van der Waals surface area contributed by atoms with Gasteiger partial charge in [-0.25, -0.2) is 4.98 Å². The molecule has 0 radical (unpaired) electrons. The van der Waals surface area contributed by atoms with Crippen molar-refractivity contribution in [2.24, 2.45) is 0 Å². The molecule has 0 aromatic carbocycles.